The maximum atomic E-state index is 12.9. The Hall–Kier alpha value is -3.86. The first kappa shape index (κ1) is 27.2. The minimum atomic E-state index is -4.76. The highest BCUT2D eigenvalue weighted by atomic mass is 32.2. The van der Waals surface area contributed by atoms with E-state index in [9.17, 15) is 22.8 Å². The molecule has 0 aliphatic heterocycles. The maximum absolute atomic E-state index is 12.9. The van der Waals surface area contributed by atoms with E-state index in [4.69, 9.17) is 0 Å². The normalized spacial score (nSPS) is 12.3. The fourth-order valence-electron chi connectivity index (χ4n) is 3.94. The maximum Gasteiger partial charge on any atom is 0.573 e. The molecule has 2 aromatic heterocycles. The summed E-state index contributed by atoms with van der Waals surface area (Å²) in [6.07, 6.45) is -2.66. The zero-order chi connectivity index (χ0) is 27.1. The van der Waals surface area contributed by atoms with Gasteiger partial charge in [0, 0.05) is 31.7 Å². The molecule has 1 amide bonds. The van der Waals surface area contributed by atoms with Crippen LogP contribution in [0.15, 0.2) is 72.9 Å². The Bertz CT molecular complexity index is 1390. The van der Waals surface area contributed by atoms with E-state index in [-0.39, 0.29) is 29.2 Å². The molecule has 38 heavy (non-hydrogen) atoms. The Balaban J connectivity index is 1.48. The van der Waals surface area contributed by atoms with Gasteiger partial charge in [-0.1, -0.05) is 54.2 Å². The van der Waals surface area contributed by atoms with Gasteiger partial charge in [0.05, 0.1) is 12.6 Å². The van der Waals surface area contributed by atoms with Crippen LogP contribution in [0.1, 0.15) is 36.3 Å². The molecule has 0 spiro atoms. The molecule has 0 aliphatic rings. The Kier molecular flexibility index (Phi) is 8.67. The number of alkyl halides is 3. The number of pyridine rings is 1. The highest BCUT2D eigenvalue weighted by Crippen LogP contribution is 2.24. The van der Waals surface area contributed by atoms with Gasteiger partial charge in [-0.3, -0.25) is 9.59 Å². The quantitative estimate of drug-likeness (QED) is 0.287. The van der Waals surface area contributed by atoms with E-state index in [0.29, 0.717) is 35.7 Å². The lowest BCUT2D eigenvalue weighted by molar-refractivity contribution is -0.274. The Morgan fingerprint density at radius 1 is 1.05 bits per heavy atom. The number of nitrogens with one attached hydrogen (secondary N) is 1. The summed E-state index contributed by atoms with van der Waals surface area (Å²) in [6.45, 7) is 1.79. The van der Waals surface area contributed by atoms with Crippen LogP contribution < -0.4 is 10.1 Å². The minimum absolute atomic E-state index is 0.0283. The second-order valence-electron chi connectivity index (χ2n) is 8.49. The molecule has 4 rings (SSSR count). The largest absolute Gasteiger partial charge is 0.573 e. The van der Waals surface area contributed by atoms with Crippen molar-refractivity contribution in [3.05, 3.63) is 89.9 Å². The molecule has 4 aromatic rings. The van der Waals surface area contributed by atoms with Crippen LogP contribution in [-0.2, 0) is 22.6 Å². The van der Waals surface area contributed by atoms with Crippen LogP contribution >= 0.6 is 11.8 Å². The first-order valence-electron chi connectivity index (χ1n) is 11.8. The zero-order valence-electron chi connectivity index (χ0n) is 20.4. The lowest BCUT2D eigenvalue weighted by Gasteiger charge is -2.18. The van der Waals surface area contributed by atoms with Gasteiger partial charge >= 0.3 is 6.36 Å². The fourth-order valence-corrected chi connectivity index (χ4v) is 4.62. The van der Waals surface area contributed by atoms with Crippen molar-refractivity contribution in [2.45, 2.75) is 38.7 Å². The number of imidazole rings is 1. The monoisotopic (exact) mass is 542 g/mol. The Morgan fingerprint density at radius 3 is 2.47 bits per heavy atom. The van der Waals surface area contributed by atoms with Gasteiger partial charge in [0.1, 0.15) is 17.1 Å². The number of hydrogen-bond donors (Lipinski definition) is 1. The van der Waals surface area contributed by atoms with Gasteiger partial charge in [-0.25, -0.2) is 9.97 Å². The smallest absolute Gasteiger partial charge is 0.406 e. The molecule has 0 bridgehead atoms. The molecule has 0 saturated heterocycles. The van der Waals surface area contributed by atoms with Crippen LogP contribution in [0.2, 0.25) is 0 Å². The third kappa shape index (κ3) is 7.58. The first-order chi connectivity index (χ1) is 18.2. The molecular weight excluding hydrogens is 517 g/mol. The molecular formula is C27H25F3N4O3S. The minimum Gasteiger partial charge on any atom is -0.406 e. The number of carbonyl (C=O) groups excluding carboxylic acids is 2. The Labute approximate surface area is 221 Å². The second-order valence-corrected chi connectivity index (χ2v) is 9.68. The van der Waals surface area contributed by atoms with E-state index in [1.54, 1.807) is 24.4 Å². The van der Waals surface area contributed by atoms with E-state index in [2.05, 4.69) is 20.0 Å². The van der Waals surface area contributed by atoms with Crippen molar-refractivity contribution in [1.29, 1.82) is 0 Å². The number of rotatable bonds is 10. The average Bonchev–Trinajstić information content (AvgIpc) is 3.23. The van der Waals surface area contributed by atoms with Gasteiger partial charge in [0.2, 0.25) is 5.91 Å². The molecule has 0 aliphatic carbocycles. The molecule has 11 heteroatoms. The lowest BCUT2D eigenvalue weighted by atomic mass is 10.1. The van der Waals surface area contributed by atoms with Crippen molar-refractivity contribution in [2.75, 3.05) is 5.75 Å². The third-order valence-electron chi connectivity index (χ3n) is 5.65. The number of aryl methyl sites for hydroxylation is 1. The van der Waals surface area contributed by atoms with E-state index in [0.717, 1.165) is 22.9 Å². The average molecular weight is 543 g/mol. The highest BCUT2D eigenvalue weighted by Gasteiger charge is 2.31. The van der Waals surface area contributed by atoms with Gasteiger partial charge in [-0.15, -0.1) is 13.2 Å². The van der Waals surface area contributed by atoms with Crippen molar-refractivity contribution in [3.8, 4) is 5.75 Å². The number of carbonyl (C=O) groups is 2. The summed E-state index contributed by atoms with van der Waals surface area (Å²) in [7, 11) is 0. The summed E-state index contributed by atoms with van der Waals surface area (Å²) >= 11 is 1.15. The van der Waals surface area contributed by atoms with Crippen LogP contribution in [0.25, 0.3) is 11.2 Å². The lowest BCUT2D eigenvalue weighted by Crippen LogP contribution is -2.30. The molecule has 1 unspecified atom stereocenters. The number of benzene rings is 2. The topological polar surface area (TPSA) is 86.1 Å². The van der Waals surface area contributed by atoms with Crippen LogP contribution in [-0.4, -0.2) is 37.7 Å². The van der Waals surface area contributed by atoms with Crippen LogP contribution in [0.4, 0.5) is 13.2 Å². The van der Waals surface area contributed by atoms with Gasteiger partial charge in [0.15, 0.2) is 10.8 Å². The highest BCUT2D eigenvalue weighted by molar-refractivity contribution is 8.13. The van der Waals surface area contributed by atoms with Gasteiger partial charge in [-0.05, 0) is 35.4 Å². The van der Waals surface area contributed by atoms with E-state index in [1.807, 2.05) is 41.0 Å². The molecule has 0 radical (unpaired) electrons. The predicted octanol–water partition coefficient (Wildman–Crippen LogP) is 5.45. The molecule has 7 nitrogen and oxygen atoms in total. The number of hydrogen-bond acceptors (Lipinski definition) is 6. The van der Waals surface area contributed by atoms with Crippen molar-refractivity contribution < 1.29 is 27.5 Å². The van der Waals surface area contributed by atoms with Crippen LogP contribution in [0.3, 0.4) is 0 Å². The number of fused-ring (bicyclic) bond motifs is 1. The summed E-state index contributed by atoms with van der Waals surface area (Å²) < 4.78 is 43.3. The van der Waals surface area contributed by atoms with Gasteiger partial charge in [0.25, 0.3) is 0 Å². The molecule has 0 saturated carbocycles. The zero-order valence-corrected chi connectivity index (χ0v) is 21.3. The molecule has 1 N–H and O–H groups in total. The first-order valence-corrected chi connectivity index (χ1v) is 12.8. The standard InChI is InChI=1S/C27H25F3N4O3S/c1-18(35)38-17-23(20-6-3-2-4-7-20)33-25(36)14-13-24-32-22-8-5-15-31-26(22)34(24)16-19-9-11-21(12-10-19)37-27(28,29)30/h2-12,15,23H,13-14,16-17H2,1H3,(H,33,36). The molecule has 2 heterocycles. The predicted molar refractivity (Wildman–Crippen MR) is 139 cm³/mol. The fraction of sp³-hybridized carbons (Fsp3) is 0.259. The van der Waals surface area contributed by atoms with E-state index < -0.39 is 6.36 Å². The van der Waals surface area contributed by atoms with Crippen LogP contribution in [0, 0.1) is 0 Å². The number of halogens is 3. The summed E-state index contributed by atoms with van der Waals surface area (Å²) in [6, 6.07) is 18.3. The SMILES string of the molecule is CC(=O)SCC(NC(=O)CCc1nc2cccnc2n1Cc1ccc(OC(F)(F)F)cc1)c1ccccc1. The summed E-state index contributed by atoms with van der Waals surface area (Å²) in [5, 5.41) is 2.99. The van der Waals surface area contributed by atoms with Gasteiger partial charge < -0.3 is 14.6 Å². The summed E-state index contributed by atoms with van der Waals surface area (Å²) in [4.78, 5) is 33.5. The second kappa shape index (κ2) is 12.1. The van der Waals surface area contributed by atoms with E-state index in [1.165, 1.54) is 19.1 Å². The van der Waals surface area contributed by atoms with Crippen LogP contribution in [0.5, 0.6) is 5.75 Å². The van der Waals surface area contributed by atoms with Gasteiger partial charge in [-0.2, -0.15) is 0 Å². The van der Waals surface area contributed by atoms with Crippen molar-refractivity contribution in [3.63, 3.8) is 0 Å². The third-order valence-corrected chi connectivity index (χ3v) is 6.55. The molecule has 198 valence electrons. The number of aromatic nitrogens is 3. The number of thioether (sulfide) groups is 1. The molecule has 2 aromatic carbocycles. The van der Waals surface area contributed by atoms with Crippen molar-refractivity contribution in [1.82, 2.24) is 19.9 Å². The number of ether oxygens (including phenoxy) is 1. The van der Waals surface area contributed by atoms with Crippen molar-refractivity contribution >= 4 is 33.9 Å². The number of nitrogens with zero attached hydrogens (tertiary/aromatic N) is 3. The summed E-state index contributed by atoms with van der Waals surface area (Å²) in [5.74, 6) is 0.548. The van der Waals surface area contributed by atoms with E-state index >= 15 is 0 Å². The summed E-state index contributed by atoms with van der Waals surface area (Å²) in [5.41, 5.74) is 2.89. The van der Waals surface area contributed by atoms with Crippen molar-refractivity contribution in [2.24, 2.45) is 0 Å². The molecule has 1 atom stereocenters. The molecule has 0 fully saturated rings. The number of amides is 1. The Morgan fingerprint density at radius 2 is 1.79 bits per heavy atom.